The van der Waals surface area contributed by atoms with Crippen molar-refractivity contribution in [3.63, 3.8) is 0 Å². The summed E-state index contributed by atoms with van der Waals surface area (Å²) in [6, 6.07) is 12.2. The lowest BCUT2D eigenvalue weighted by molar-refractivity contribution is -0.531. The summed E-state index contributed by atoms with van der Waals surface area (Å²) in [7, 11) is 0. The van der Waals surface area contributed by atoms with Crippen molar-refractivity contribution in [2.75, 3.05) is 0 Å². The molecular formula is C19H15F3N2O3. The standard InChI is InChI=1S/C19H15F3N2O3/c1-13-7-9-15(10-8-13)16-17(24(25)26)18(27-23-16,19(20,21)22)12-11-14-5-3-2-4-6-14/h2-12,17H,1H3/b12-11+/t17-,18-/m0/s1. The Morgan fingerprint density at radius 1 is 1.15 bits per heavy atom. The Labute approximate surface area is 152 Å². The lowest BCUT2D eigenvalue weighted by atomic mass is 9.87. The van der Waals surface area contributed by atoms with Crippen LogP contribution in [0.1, 0.15) is 16.7 Å². The largest absolute Gasteiger partial charge is 0.442 e. The fourth-order valence-corrected chi connectivity index (χ4v) is 2.83. The molecule has 2 atom stereocenters. The first-order valence-electron chi connectivity index (χ1n) is 8.02. The van der Waals surface area contributed by atoms with Crippen LogP contribution in [-0.4, -0.2) is 28.5 Å². The van der Waals surface area contributed by atoms with Gasteiger partial charge in [-0.05, 0) is 18.6 Å². The number of oxime groups is 1. The van der Waals surface area contributed by atoms with Gasteiger partial charge in [0.1, 0.15) is 0 Å². The highest BCUT2D eigenvalue weighted by molar-refractivity contribution is 6.05. The molecule has 1 aliphatic rings. The summed E-state index contributed by atoms with van der Waals surface area (Å²) in [5.74, 6) is 0. The van der Waals surface area contributed by atoms with E-state index in [1.54, 1.807) is 49.4 Å². The number of rotatable bonds is 4. The summed E-state index contributed by atoms with van der Waals surface area (Å²) >= 11 is 0. The van der Waals surface area contributed by atoms with Gasteiger partial charge in [-0.2, -0.15) is 13.2 Å². The summed E-state index contributed by atoms with van der Waals surface area (Å²) in [6.45, 7) is 1.80. The third-order valence-electron chi connectivity index (χ3n) is 4.28. The average Bonchev–Trinajstić information content (AvgIpc) is 3.02. The van der Waals surface area contributed by atoms with Gasteiger partial charge in [0.05, 0.1) is 0 Å². The Balaban J connectivity index is 2.07. The van der Waals surface area contributed by atoms with Crippen molar-refractivity contribution in [3.05, 3.63) is 87.5 Å². The van der Waals surface area contributed by atoms with Gasteiger partial charge in [-0.3, -0.25) is 10.1 Å². The molecule has 3 rings (SSSR count). The summed E-state index contributed by atoms with van der Waals surface area (Å²) in [5.41, 5.74) is -2.03. The molecule has 8 heteroatoms. The fraction of sp³-hybridized carbons (Fsp3) is 0.211. The highest BCUT2D eigenvalue weighted by Gasteiger charge is 2.71. The Hall–Kier alpha value is -3.16. The van der Waals surface area contributed by atoms with Gasteiger partial charge in [-0.1, -0.05) is 71.4 Å². The quantitative estimate of drug-likeness (QED) is 0.587. The molecule has 0 amide bonds. The number of alkyl halides is 3. The molecule has 1 heterocycles. The zero-order valence-electron chi connectivity index (χ0n) is 14.2. The highest BCUT2D eigenvalue weighted by Crippen LogP contribution is 2.44. The minimum atomic E-state index is -5.05. The molecule has 0 saturated carbocycles. The molecule has 1 aliphatic heterocycles. The van der Waals surface area contributed by atoms with Crippen LogP contribution in [0, 0.1) is 17.0 Å². The first-order chi connectivity index (χ1) is 12.7. The number of benzene rings is 2. The van der Waals surface area contributed by atoms with Crippen LogP contribution in [0.25, 0.3) is 6.08 Å². The van der Waals surface area contributed by atoms with Crippen molar-refractivity contribution in [2.45, 2.75) is 24.7 Å². The van der Waals surface area contributed by atoms with E-state index < -0.39 is 22.7 Å². The van der Waals surface area contributed by atoms with E-state index in [-0.39, 0.29) is 11.3 Å². The number of nitrogens with zero attached hydrogens (tertiary/aromatic N) is 2. The Bertz CT molecular complexity index is 893. The predicted molar refractivity (Wildman–Crippen MR) is 93.8 cm³/mol. The molecule has 0 aliphatic carbocycles. The predicted octanol–water partition coefficient (Wildman–Crippen LogP) is 4.39. The fourth-order valence-electron chi connectivity index (χ4n) is 2.83. The van der Waals surface area contributed by atoms with Gasteiger partial charge in [0.15, 0.2) is 5.71 Å². The number of nitro groups is 1. The molecule has 27 heavy (non-hydrogen) atoms. The van der Waals surface area contributed by atoms with Crippen LogP contribution < -0.4 is 0 Å². The normalized spacial score (nSPS) is 22.5. The Morgan fingerprint density at radius 3 is 2.33 bits per heavy atom. The van der Waals surface area contributed by atoms with Crippen molar-refractivity contribution in [3.8, 4) is 0 Å². The molecular weight excluding hydrogens is 361 g/mol. The monoisotopic (exact) mass is 376 g/mol. The molecule has 0 unspecified atom stereocenters. The van der Waals surface area contributed by atoms with Gasteiger partial charge in [-0.25, -0.2) is 0 Å². The first kappa shape index (κ1) is 18.6. The molecule has 0 saturated heterocycles. The van der Waals surface area contributed by atoms with E-state index in [4.69, 9.17) is 4.84 Å². The molecule has 0 N–H and O–H groups in total. The topological polar surface area (TPSA) is 64.7 Å². The maximum atomic E-state index is 13.9. The number of aryl methyl sites for hydroxylation is 1. The molecule has 0 radical (unpaired) electrons. The molecule has 140 valence electrons. The van der Waals surface area contributed by atoms with Gasteiger partial charge < -0.3 is 4.84 Å². The summed E-state index contributed by atoms with van der Waals surface area (Å²) in [6.07, 6.45) is -3.23. The smallest absolute Gasteiger partial charge is 0.367 e. The lowest BCUT2D eigenvalue weighted by Crippen LogP contribution is -2.57. The average molecular weight is 376 g/mol. The van der Waals surface area contributed by atoms with Gasteiger partial charge in [0, 0.05) is 10.5 Å². The maximum Gasteiger partial charge on any atom is 0.442 e. The summed E-state index contributed by atoms with van der Waals surface area (Å²) in [4.78, 5) is 15.4. The number of hydrogen-bond donors (Lipinski definition) is 0. The molecule has 5 nitrogen and oxygen atoms in total. The van der Waals surface area contributed by atoms with E-state index in [9.17, 15) is 23.3 Å². The highest BCUT2D eigenvalue weighted by atomic mass is 19.4. The SMILES string of the molecule is Cc1ccc(C2=NO[C@](/C=C/c3ccccc3)(C(F)(F)F)[C@H]2[N+](=O)[O-])cc1. The molecule has 0 aromatic heterocycles. The van der Waals surface area contributed by atoms with E-state index >= 15 is 0 Å². The van der Waals surface area contributed by atoms with Crippen molar-refractivity contribution in [1.82, 2.24) is 0 Å². The zero-order chi connectivity index (χ0) is 19.7. The minimum absolute atomic E-state index is 0.210. The lowest BCUT2D eigenvalue weighted by Gasteiger charge is -2.27. The molecule has 2 aromatic carbocycles. The van der Waals surface area contributed by atoms with Crippen molar-refractivity contribution in [2.24, 2.45) is 5.16 Å². The van der Waals surface area contributed by atoms with Crippen LogP contribution in [0.15, 0.2) is 65.8 Å². The van der Waals surface area contributed by atoms with Crippen LogP contribution in [-0.2, 0) is 4.84 Å². The summed E-state index contributed by atoms with van der Waals surface area (Å²) < 4.78 is 41.8. The molecule has 2 aromatic rings. The van der Waals surface area contributed by atoms with E-state index in [0.717, 1.165) is 11.6 Å². The van der Waals surface area contributed by atoms with Crippen LogP contribution in [0.2, 0.25) is 0 Å². The van der Waals surface area contributed by atoms with Crippen molar-refractivity contribution < 1.29 is 22.9 Å². The number of hydrogen-bond acceptors (Lipinski definition) is 4. The van der Waals surface area contributed by atoms with Gasteiger partial charge in [0.25, 0.3) is 0 Å². The van der Waals surface area contributed by atoms with Crippen molar-refractivity contribution >= 4 is 11.8 Å². The van der Waals surface area contributed by atoms with E-state index in [1.807, 2.05) is 0 Å². The van der Waals surface area contributed by atoms with Gasteiger partial charge in [0.2, 0.25) is 0 Å². The maximum absolute atomic E-state index is 13.9. The minimum Gasteiger partial charge on any atom is -0.367 e. The van der Waals surface area contributed by atoms with Crippen LogP contribution in [0.3, 0.4) is 0 Å². The molecule has 0 spiro atoms. The van der Waals surface area contributed by atoms with Gasteiger partial charge in [-0.15, -0.1) is 0 Å². The van der Waals surface area contributed by atoms with Crippen LogP contribution in [0.5, 0.6) is 0 Å². The van der Waals surface area contributed by atoms with Crippen LogP contribution >= 0.6 is 0 Å². The second kappa shape index (κ2) is 6.86. The zero-order valence-corrected chi connectivity index (χ0v) is 14.2. The van der Waals surface area contributed by atoms with Crippen molar-refractivity contribution in [1.29, 1.82) is 0 Å². The Morgan fingerprint density at radius 2 is 1.78 bits per heavy atom. The third-order valence-corrected chi connectivity index (χ3v) is 4.28. The second-order valence-corrected chi connectivity index (χ2v) is 6.16. The van der Waals surface area contributed by atoms with E-state index in [1.165, 1.54) is 12.1 Å². The van der Waals surface area contributed by atoms with E-state index in [2.05, 4.69) is 5.16 Å². The molecule has 0 bridgehead atoms. The van der Waals surface area contributed by atoms with Gasteiger partial charge >= 0.3 is 17.8 Å². The Kier molecular flexibility index (Phi) is 4.73. The first-order valence-corrected chi connectivity index (χ1v) is 8.02. The number of halogens is 3. The third kappa shape index (κ3) is 3.42. The second-order valence-electron chi connectivity index (χ2n) is 6.16. The van der Waals surface area contributed by atoms with E-state index in [0.29, 0.717) is 11.6 Å². The van der Waals surface area contributed by atoms with Crippen LogP contribution in [0.4, 0.5) is 13.2 Å². The molecule has 0 fully saturated rings. The summed E-state index contributed by atoms with van der Waals surface area (Å²) in [5, 5.41) is 15.1.